The summed E-state index contributed by atoms with van der Waals surface area (Å²) in [6.45, 7) is 1.40. The number of benzene rings is 1. The van der Waals surface area contributed by atoms with E-state index in [1.807, 2.05) is 5.38 Å². The van der Waals surface area contributed by atoms with Crippen LogP contribution in [0.1, 0.15) is 30.7 Å². The summed E-state index contributed by atoms with van der Waals surface area (Å²) in [6.07, 6.45) is 5.16. The molecule has 1 amide bonds. The first-order valence-electron chi connectivity index (χ1n) is 8.42. The number of halogens is 1. The summed E-state index contributed by atoms with van der Waals surface area (Å²) >= 11 is 1.47. The zero-order chi connectivity index (χ0) is 17.5. The van der Waals surface area contributed by atoms with Crippen molar-refractivity contribution >= 4 is 17.4 Å². The zero-order valence-electron chi connectivity index (χ0n) is 13.9. The smallest absolute Gasteiger partial charge is 0.410 e. The van der Waals surface area contributed by atoms with Crippen molar-refractivity contribution in [3.8, 4) is 5.75 Å². The summed E-state index contributed by atoms with van der Waals surface area (Å²) < 4.78 is 23.9. The molecule has 1 aromatic heterocycles. The molecule has 2 heterocycles. The zero-order valence-corrected chi connectivity index (χ0v) is 14.7. The minimum Gasteiger partial charge on any atom is -0.494 e. The predicted octanol–water partition coefficient (Wildman–Crippen LogP) is 4.24. The van der Waals surface area contributed by atoms with Crippen molar-refractivity contribution in [2.75, 3.05) is 13.2 Å². The number of likely N-dealkylation sites (tertiary alicyclic amines) is 1. The lowest BCUT2D eigenvalue weighted by atomic mass is 10.0. The van der Waals surface area contributed by atoms with Gasteiger partial charge in [-0.15, -0.1) is 11.3 Å². The Balaban J connectivity index is 1.48. The number of ether oxygens (including phenoxy) is 2. The van der Waals surface area contributed by atoms with Crippen LogP contribution in [0.3, 0.4) is 0 Å². The molecule has 1 aliphatic rings. The molecule has 0 radical (unpaired) electrons. The van der Waals surface area contributed by atoms with Crippen molar-refractivity contribution in [3.63, 3.8) is 0 Å². The van der Waals surface area contributed by atoms with Gasteiger partial charge in [0.15, 0.2) is 0 Å². The molecule has 1 aromatic carbocycles. The van der Waals surface area contributed by atoms with E-state index in [4.69, 9.17) is 9.47 Å². The summed E-state index contributed by atoms with van der Waals surface area (Å²) in [5.74, 6) is 0.351. The van der Waals surface area contributed by atoms with E-state index in [9.17, 15) is 9.18 Å². The molecule has 0 saturated carbocycles. The van der Waals surface area contributed by atoms with Crippen LogP contribution >= 0.6 is 11.3 Å². The second-order valence-corrected chi connectivity index (χ2v) is 6.89. The molecule has 25 heavy (non-hydrogen) atoms. The van der Waals surface area contributed by atoms with Crippen LogP contribution < -0.4 is 4.74 Å². The van der Waals surface area contributed by atoms with Crippen molar-refractivity contribution in [2.45, 2.75) is 38.3 Å². The SMILES string of the molecule is O=C(OCc1nccs1)N1CCCCC1CCOc1ccc(F)cc1. The van der Waals surface area contributed by atoms with Crippen molar-refractivity contribution in [2.24, 2.45) is 0 Å². The highest BCUT2D eigenvalue weighted by Gasteiger charge is 2.27. The molecule has 0 N–H and O–H groups in total. The number of piperidine rings is 1. The largest absolute Gasteiger partial charge is 0.494 e. The number of thiazole rings is 1. The lowest BCUT2D eigenvalue weighted by Crippen LogP contribution is -2.44. The maximum atomic E-state index is 12.9. The van der Waals surface area contributed by atoms with E-state index < -0.39 is 0 Å². The predicted molar refractivity (Wildman–Crippen MR) is 93.2 cm³/mol. The molecule has 1 fully saturated rings. The normalized spacial score (nSPS) is 17.3. The van der Waals surface area contributed by atoms with Crippen LogP contribution in [-0.4, -0.2) is 35.2 Å². The lowest BCUT2D eigenvalue weighted by molar-refractivity contribution is 0.0622. The van der Waals surface area contributed by atoms with E-state index in [0.717, 1.165) is 30.7 Å². The maximum Gasteiger partial charge on any atom is 0.410 e. The molecule has 134 valence electrons. The molecule has 1 saturated heterocycles. The van der Waals surface area contributed by atoms with E-state index >= 15 is 0 Å². The number of aromatic nitrogens is 1. The lowest BCUT2D eigenvalue weighted by Gasteiger charge is -2.34. The van der Waals surface area contributed by atoms with E-state index in [2.05, 4.69) is 4.98 Å². The molecule has 1 unspecified atom stereocenters. The van der Waals surface area contributed by atoms with Crippen LogP contribution in [0.5, 0.6) is 5.75 Å². The van der Waals surface area contributed by atoms with Crippen molar-refractivity contribution in [1.82, 2.24) is 9.88 Å². The third-order valence-electron chi connectivity index (χ3n) is 4.20. The van der Waals surface area contributed by atoms with Crippen LogP contribution in [-0.2, 0) is 11.3 Å². The van der Waals surface area contributed by atoms with Crippen LogP contribution in [0.2, 0.25) is 0 Å². The highest BCUT2D eigenvalue weighted by Crippen LogP contribution is 2.22. The molecule has 5 nitrogen and oxygen atoms in total. The number of carbonyl (C=O) groups is 1. The monoisotopic (exact) mass is 364 g/mol. The van der Waals surface area contributed by atoms with Gasteiger partial charge in [0.25, 0.3) is 0 Å². The van der Waals surface area contributed by atoms with Gasteiger partial charge in [-0.05, 0) is 43.5 Å². The molecule has 2 aromatic rings. The molecular weight excluding hydrogens is 343 g/mol. The molecule has 1 atom stereocenters. The Bertz CT molecular complexity index is 663. The van der Waals surface area contributed by atoms with Gasteiger partial charge in [-0.2, -0.15) is 0 Å². The standard InChI is InChI=1S/C18H21FN2O3S/c19-14-4-6-16(7-5-14)23-11-8-15-3-1-2-10-21(15)18(22)24-13-17-20-9-12-25-17/h4-7,9,12,15H,1-3,8,10-11,13H2. The van der Waals surface area contributed by atoms with E-state index in [0.29, 0.717) is 18.9 Å². The fourth-order valence-corrected chi connectivity index (χ4v) is 3.44. The number of hydrogen-bond acceptors (Lipinski definition) is 5. The molecule has 1 aliphatic heterocycles. The Labute approximate surface area is 150 Å². The van der Waals surface area contributed by atoms with Crippen molar-refractivity contribution in [1.29, 1.82) is 0 Å². The summed E-state index contributed by atoms with van der Waals surface area (Å²) in [7, 11) is 0. The Morgan fingerprint density at radius 2 is 2.16 bits per heavy atom. The van der Waals surface area contributed by atoms with E-state index in [-0.39, 0.29) is 24.6 Å². The fourth-order valence-electron chi connectivity index (χ4n) is 2.92. The van der Waals surface area contributed by atoms with Gasteiger partial charge in [-0.3, -0.25) is 0 Å². The summed E-state index contributed by atoms with van der Waals surface area (Å²) in [5, 5.41) is 2.65. The summed E-state index contributed by atoms with van der Waals surface area (Å²) in [5.41, 5.74) is 0. The first kappa shape index (κ1) is 17.7. The second kappa shape index (κ2) is 8.80. The summed E-state index contributed by atoms with van der Waals surface area (Å²) in [6, 6.07) is 6.07. The van der Waals surface area contributed by atoms with Gasteiger partial charge in [0.05, 0.1) is 6.61 Å². The van der Waals surface area contributed by atoms with Gasteiger partial charge in [0.2, 0.25) is 0 Å². The van der Waals surface area contributed by atoms with E-state index in [1.54, 1.807) is 23.2 Å². The van der Waals surface area contributed by atoms with Crippen LogP contribution in [0.25, 0.3) is 0 Å². The van der Waals surface area contributed by atoms with Crippen LogP contribution in [0.15, 0.2) is 35.8 Å². The molecule has 0 spiro atoms. The minimum absolute atomic E-state index is 0.109. The van der Waals surface area contributed by atoms with Gasteiger partial charge in [-0.1, -0.05) is 0 Å². The third kappa shape index (κ3) is 5.16. The maximum absolute atomic E-state index is 12.9. The van der Waals surface area contributed by atoms with Gasteiger partial charge in [0.1, 0.15) is 23.2 Å². The number of hydrogen-bond donors (Lipinski definition) is 0. The topological polar surface area (TPSA) is 51.7 Å². The average molecular weight is 364 g/mol. The highest BCUT2D eigenvalue weighted by atomic mass is 32.1. The average Bonchev–Trinajstić information content (AvgIpc) is 3.15. The molecule has 7 heteroatoms. The highest BCUT2D eigenvalue weighted by molar-refractivity contribution is 7.09. The first-order valence-corrected chi connectivity index (χ1v) is 9.30. The molecule has 0 aliphatic carbocycles. The van der Waals surface area contributed by atoms with E-state index in [1.165, 1.54) is 23.5 Å². The van der Waals surface area contributed by atoms with Gasteiger partial charge in [0, 0.05) is 30.6 Å². The van der Waals surface area contributed by atoms with Crippen LogP contribution in [0, 0.1) is 5.82 Å². The third-order valence-corrected chi connectivity index (χ3v) is 4.95. The Morgan fingerprint density at radius 1 is 1.32 bits per heavy atom. The number of nitrogens with zero attached hydrogens (tertiary/aromatic N) is 2. The Morgan fingerprint density at radius 3 is 2.92 bits per heavy atom. The number of amides is 1. The minimum atomic E-state index is -0.290. The van der Waals surface area contributed by atoms with Crippen molar-refractivity contribution in [3.05, 3.63) is 46.7 Å². The van der Waals surface area contributed by atoms with Gasteiger partial charge >= 0.3 is 6.09 Å². The number of rotatable bonds is 6. The Hall–Kier alpha value is -2.15. The van der Waals surface area contributed by atoms with Crippen molar-refractivity contribution < 1.29 is 18.7 Å². The second-order valence-electron chi connectivity index (χ2n) is 5.91. The quantitative estimate of drug-likeness (QED) is 0.769. The molecular formula is C18H21FN2O3S. The Kier molecular flexibility index (Phi) is 6.22. The number of carbonyl (C=O) groups excluding carboxylic acids is 1. The molecule has 0 bridgehead atoms. The van der Waals surface area contributed by atoms with Crippen LogP contribution in [0.4, 0.5) is 9.18 Å². The first-order chi connectivity index (χ1) is 12.2. The fraction of sp³-hybridized carbons (Fsp3) is 0.444. The van der Waals surface area contributed by atoms with Gasteiger partial charge in [-0.25, -0.2) is 14.2 Å². The summed E-state index contributed by atoms with van der Waals surface area (Å²) in [4.78, 5) is 18.3. The molecule has 3 rings (SSSR count). The van der Waals surface area contributed by atoms with Gasteiger partial charge < -0.3 is 14.4 Å².